The maximum absolute atomic E-state index is 13.3. The second-order valence-corrected chi connectivity index (χ2v) is 6.53. The Bertz CT molecular complexity index is 638. The molecule has 0 N–H and O–H groups in total. The van der Waals surface area contributed by atoms with Gasteiger partial charge in [0.25, 0.3) is 0 Å². The summed E-state index contributed by atoms with van der Waals surface area (Å²) in [4.78, 5) is 30.5. The molecule has 0 spiro atoms. The highest BCUT2D eigenvalue weighted by molar-refractivity contribution is 5.97. The smallest absolute Gasteiger partial charge is 0.320 e. The predicted octanol–water partition coefficient (Wildman–Crippen LogP) is 1.39. The van der Waals surface area contributed by atoms with E-state index in [1.54, 1.807) is 13.0 Å². The van der Waals surface area contributed by atoms with Crippen molar-refractivity contribution in [2.24, 2.45) is 0 Å². The molecule has 136 valence electrons. The molecule has 0 atom stereocenters. The van der Waals surface area contributed by atoms with Gasteiger partial charge in [-0.05, 0) is 30.7 Å². The van der Waals surface area contributed by atoms with E-state index < -0.39 is 0 Å². The highest BCUT2D eigenvalue weighted by atomic mass is 19.1. The van der Waals surface area contributed by atoms with Crippen molar-refractivity contribution in [3.05, 3.63) is 35.1 Å². The molecule has 2 fully saturated rings. The number of halogens is 1. The first kappa shape index (κ1) is 17.8. The molecule has 0 unspecified atom stereocenters. The summed E-state index contributed by atoms with van der Waals surface area (Å²) in [5.41, 5.74) is 1.01. The maximum atomic E-state index is 13.3. The van der Waals surface area contributed by atoms with Crippen LogP contribution in [0.25, 0.3) is 0 Å². The number of morpholine rings is 1. The maximum Gasteiger partial charge on any atom is 0.320 e. The Hall–Kier alpha value is -1.99. The number of ether oxygens (including phenoxy) is 1. The van der Waals surface area contributed by atoms with E-state index in [-0.39, 0.29) is 17.6 Å². The predicted molar refractivity (Wildman–Crippen MR) is 91.3 cm³/mol. The zero-order chi connectivity index (χ0) is 17.8. The van der Waals surface area contributed by atoms with Crippen molar-refractivity contribution in [3.8, 4) is 0 Å². The fourth-order valence-electron chi connectivity index (χ4n) is 3.16. The third-order valence-electron chi connectivity index (χ3n) is 4.77. The van der Waals surface area contributed by atoms with E-state index >= 15 is 0 Å². The van der Waals surface area contributed by atoms with Gasteiger partial charge in [-0.25, -0.2) is 9.18 Å². The topological polar surface area (TPSA) is 53.1 Å². The van der Waals surface area contributed by atoms with Crippen molar-refractivity contribution >= 4 is 11.8 Å². The monoisotopic (exact) mass is 349 g/mol. The van der Waals surface area contributed by atoms with Crippen molar-refractivity contribution in [2.45, 2.75) is 6.92 Å². The third-order valence-corrected chi connectivity index (χ3v) is 4.77. The van der Waals surface area contributed by atoms with Crippen LogP contribution in [-0.4, -0.2) is 85.5 Å². The van der Waals surface area contributed by atoms with Crippen molar-refractivity contribution in [1.29, 1.82) is 0 Å². The molecule has 0 bridgehead atoms. The summed E-state index contributed by atoms with van der Waals surface area (Å²) in [5, 5.41) is 0. The first-order valence-electron chi connectivity index (χ1n) is 8.68. The van der Waals surface area contributed by atoms with Gasteiger partial charge < -0.3 is 14.5 Å². The zero-order valence-electron chi connectivity index (χ0n) is 14.5. The van der Waals surface area contributed by atoms with Crippen molar-refractivity contribution in [3.63, 3.8) is 0 Å². The highest BCUT2D eigenvalue weighted by Gasteiger charge is 2.27. The number of rotatable bonds is 3. The molecule has 0 saturated carbocycles. The Morgan fingerprint density at radius 1 is 1.04 bits per heavy atom. The van der Waals surface area contributed by atoms with Crippen LogP contribution >= 0.6 is 0 Å². The first-order chi connectivity index (χ1) is 12.0. The number of carbonyl (C=O) groups excluding carboxylic acids is 2. The number of piperazine rings is 1. The van der Waals surface area contributed by atoms with E-state index in [2.05, 4.69) is 0 Å². The normalized spacial score (nSPS) is 19.1. The lowest BCUT2D eigenvalue weighted by Gasteiger charge is -2.38. The number of urea groups is 1. The summed E-state index contributed by atoms with van der Waals surface area (Å²) in [6.07, 6.45) is 0. The van der Waals surface area contributed by atoms with Gasteiger partial charge in [0.1, 0.15) is 5.82 Å². The molecule has 7 heteroatoms. The zero-order valence-corrected chi connectivity index (χ0v) is 14.5. The molecule has 1 aromatic carbocycles. The van der Waals surface area contributed by atoms with Crippen LogP contribution in [0.5, 0.6) is 0 Å². The van der Waals surface area contributed by atoms with Crippen LogP contribution < -0.4 is 0 Å². The van der Waals surface area contributed by atoms with Gasteiger partial charge in [-0.15, -0.1) is 0 Å². The molecule has 2 aliphatic rings. The standard InChI is InChI=1S/C18H24FN3O3/c1-14-12-15(2-3-16(14)19)17(23)13-20-4-6-21(7-5-20)18(24)22-8-10-25-11-9-22/h2-3,12H,4-11,13H2,1H3. The number of aryl methyl sites for hydroxylation is 1. The number of nitrogens with zero attached hydrogens (tertiary/aromatic N) is 3. The number of Topliss-reactive ketones (excluding diaryl/α,β-unsaturated/α-hetero) is 1. The summed E-state index contributed by atoms with van der Waals surface area (Å²) in [5.74, 6) is -0.317. The molecule has 25 heavy (non-hydrogen) atoms. The molecule has 3 rings (SSSR count). The quantitative estimate of drug-likeness (QED) is 0.774. The van der Waals surface area contributed by atoms with E-state index in [1.807, 2.05) is 14.7 Å². The Morgan fingerprint density at radius 2 is 1.68 bits per heavy atom. The van der Waals surface area contributed by atoms with E-state index in [4.69, 9.17) is 4.74 Å². The number of hydrogen-bond donors (Lipinski definition) is 0. The van der Waals surface area contributed by atoms with Crippen LogP contribution in [0.3, 0.4) is 0 Å². The van der Waals surface area contributed by atoms with E-state index in [1.165, 1.54) is 12.1 Å². The van der Waals surface area contributed by atoms with Gasteiger partial charge in [0, 0.05) is 44.8 Å². The minimum Gasteiger partial charge on any atom is -0.378 e. The molecule has 2 heterocycles. The fraction of sp³-hybridized carbons (Fsp3) is 0.556. The van der Waals surface area contributed by atoms with E-state index in [0.717, 1.165) is 0 Å². The molecule has 1 aromatic rings. The molecule has 2 aliphatic heterocycles. The Morgan fingerprint density at radius 3 is 2.32 bits per heavy atom. The number of ketones is 1. The van der Waals surface area contributed by atoms with Crippen LogP contribution in [0, 0.1) is 12.7 Å². The Balaban J connectivity index is 1.49. The number of amides is 2. The lowest BCUT2D eigenvalue weighted by molar-refractivity contribution is 0.0376. The number of hydrogen-bond acceptors (Lipinski definition) is 4. The minimum atomic E-state index is -0.299. The SMILES string of the molecule is Cc1cc(C(=O)CN2CCN(C(=O)N3CCOCC3)CC2)ccc1F. The number of benzene rings is 1. The number of carbonyl (C=O) groups is 2. The van der Waals surface area contributed by atoms with Gasteiger partial charge in [-0.1, -0.05) is 0 Å². The van der Waals surface area contributed by atoms with Crippen molar-refractivity contribution < 1.29 is 18.7 Å². The van der Waals surface area contributed by atoms with Crippen LogP contribution in [0.4, 0.5) is 9.18 Å². The van der Waals surface area contributed by atoms with Gasteiger partial charge in [0.05, 0.1) is 19.8 Å². The molecular formula is C18H24FN3O3. The second kappa shape index (κ2) is 7.93. The van der Waals surface area contributed by atoms with Crippen LogP contribution in [-0.2, 0) is 4.74 Å². The van der Waals surface area contributed by atoms with Crippen molar-refractivity contribution in [2.75, 3.05) is 59.0 Å². The molecule has 0 radical (unpaired) electrons. The van der Waals surface area contributed by atoms with Crippen molar-refractivity contribution in [1.82, 2.24) is 14.7 Å². The van der Waals surface area contributed by atoms with E-state index in [0.29, 0.717) is 70.2 Å². The third kappa shape index (κ3) is 4.35. The average molecular weight is 349 g/mol. The molecule has 0 aromatic heterocycles. The summed E-state index contributed by atoms with van der Waals surface area (Å²) in [6, 6.07) is 4.52. The van der Waals surface area contributed by atoms with E-state index in [9.17, 15) is 14.0 Å². The van der Waals surface area contributed by atoms with Gasteiger partial charge in [-0.3, -0.25) is 9.69 Å². The summed E-state index contributed by atoms with van der Waals surface area (Å²) < 4.78 is 18.6. The first-order valence-corrected chi connectivity index (χ1v) is 8.68. The molecular weight excluding hydrogens is 325 g/mol. The van der Waals surface area contributed by atoms with Gasteiger partial charge >= 0.3 is 6.03 Å². The van der Waals surface area contributed by atoms with Crippen LogP contribution in [0.15, 0.2) is 18.2 Å². The molecule has 0 aliphatic carbocycles. The fourth-order valence-corrected chi connectivity index (χ4v) is 3.16. The second-order valence-electron chi connectivity index (χ2n) is 6.53. The van der Waals surface area contributed by atoms with Gasteiger partial charge in [-0.2, -0.15) is 0 Å². The lowest BCUT2D eigenvalue weighted by atomic mass is 10.1. The average Bonchev–Trinajstić information content (AvgIpc) is 2.64. The van der Waals surface area contributed by atoms with Crippen LogP contribution in [0.1, 0.15) is 15.9 Å². The molecule has 6 nitrogen and oxygen atoms in total. The minimum absolute atomic E-state index is 0.0175. The van der Waals surface area contributed by atoms with Crippen LogP contribution in [0.2, 0.25) is 0 Å². The summed E-state index contributed by atoms with van der Waals surface area (Å²) >= 11 is 0. The lowest BCUT2D eigenvalue weighted by Crippen LogP contribution is -2.55. The van der Waals surface area contributed by atoms with Gasteiger partial charge in [0.2, 0.25) is 0 Å². The Kier molecular flexibility index (Phi) is 5.65. The largest absolute Gasteiger partial charge is 0.378 e. The Labute approximate surface area is 147 Å². The summed E-state index contributed by atoms with van der Waals surface area (Å²) in [7, 11) is 0. The van der Waals surface area contributed by atoms with Gasteiger partial charge in [0.15, 0.2) is 5.78 Å². The molecule has 2 amide bonds. The molecule has 2 saturated heterocycles. The highest BCUT2D eigenvalue weighted by Crippen LogP contribution is 2.12. The summed E-state index contributed by atoms with van der Waals surface area (Å²) in [6.45, 7) is 6.99.